The number of hydrogen-bond donors (Lipinski definition) is 2. The summed E-state index contributed by atoms with van der Waals surface area (Å²) in [5.74, 6) is 0.969. The van der Waals surface area contributed by atoms with Crippen molar-refractivity contribution in [3.05, 3.63) is 54.0 Å². The molecule has 1 aliphatic carbocycles. The van der Waals surface area contributed by atoms with E-state index in [1.54, 1.807) is 17.1 Å². The zero-order valence-corrected chi connectivity index (χ0v) is 22.6. The molecular weight excluding hydrogens is 480 g/mol. The average Bonchev–Trinajstić information content (AvgIpc) is 3.19. The van der Waals surface area contributed by atoms with Gasteiger partial charge in [-0.2, -0.15) is 5.10 Å². The fourth-order valence-corrected chi connectivity index (χ4v) is 5.37. The van der Waals surface area contributed by atoms with Gasteiger partial charge in [-0.3, -0.25) is 9.48 Å². The molecule has 3 aromatic rings. The number of fused-ring (bicyclic) bond motifs is 1. The molecule has 0 bridgehead atoms. The van der Waals surface area contributed by atoms with Gasteiger partial charge in [-0.1, -0.05) is 18.6 Å². The molecule has 1 amide bonds. The number of likely N-dealkylation sites (tertiary alicyclic amines) is 1. The molecule has 9 nitrogen and oxygen atoms in total. The Morgan fingerprint density at radius 2 is 2.05 bits per heavy atom. The number of amides is 1. The molecule has 3 heterocycles. The lowest BCUT2D eigenvalue weighted by atomic mass is 9.88. The van der Waals surface area contributed by atoms with E-state index in [0.717, 1.165) is 42.6 Å². The van der Waals surface area contributed by atoms with Gasteiger partial charge in [0.15, 0.2) is 0 Å². The Hall–Kier alpha value is -3.30. The summed E-state index contributed by atoms with van der Waals surface area (Å²) >= 11 is 0. The van der Waals surface area contributed by atoms with Gasteiger partial charge in [-0.25, -0.2) is 9.97 Å². The first-order valence-corrected chi connectivity index (χ1v) is 13.6. The van der Waals surface area contributed by atoms with Crippen molar-refractivity contribution in [2.24, 2.45) is 0 Å². The predicted molar refractivity (Wildman–Crippen MR) is 146 cm³/mol. The van der Waals surface area contributed by atoms with Crippen LogP contribution in [0.2, 0.25) is 0 Å². The first-order chi connectivity index (χ1) is 18.3. The lowest BCUT2D eigenvalue weighted by Crippen LogP contribution is -2.56. The molecule has 1 aromatic carbocycles. The Morgan fingerprint density at radius 3 is 2.84 bits per heavy atom. The SMILES string of the molecule is CC(C)(C)OC1CN(C(=O)CC2CCCCc3cc(-c4ccnc(Nc5cnn(CCO)c5)n4)ccc32)C1. The molecule has 1 fully saturated rings. The highest BCUT2D eigenvalue weighted by molar-refractivity contribution is 5.78. The number of aliphatic hydroxyl groups is 1. The molecule has 0 spiro atoms. The van der Waals surface area contributed by atoms with Crippen molar-refractivity contribution in [2.45, 2.75) is 77.0 Å². The zero-order valence-electron chi connectivity index (χ0n) is 22.6. The lowest BCUT2D eigenvalue weighted by molar-refractivity contribution is -0.157. The second-order valence-electron chi connectivity index (χ2n) is 11.3. The number of nitrogens with one attached hydrogen (secondary N) is 1. The number of benzene rings is 1. The third-order valence-electron chi connectivity index (χ3n) is 7.14. The molecule has 2 N–H and O–H groups in total. The number of rotatable bonds is 8. The summed E-state index contributed by atoms with van der Waals surface area (Å²) in [7, 11) is 0. The number of ether oxygens (including phenoxy) is 1. The molecule has 0 saturated carbocycles. The largest absolute Gasteiger partial charge is 0.394 e. The summed E-state index contributed by atoms with van der Waals surface area (Å²) < 4.78 is 7.67. The Morgan fingerprint density at radius 1 is 1.21 bits per heavy atom. The maximum absolute atomic E-state index is 13.1. The molecule has 1 saturated heterocycles. The van der Waals surface area contributed by atoms with Crippen molar-refractivity contribution < 1.29 is 14.6 Å². The van der Waals surface area contributed by atoms with Crippen molar-refractivity contribution in [3.63, 3.8) is 0 Å². The van der Waals surface area contributed by atoms with Crippen LogP contribution in [0.15, 0.2) is 42.9 Å². The van der Waals surface area contributed by atoms with Crippen molar-refractivity contribution in [1.29, 1.82) is 0 Å². The van der Waals surface area contributed by atoms with Crippen LogP contribution in [0, 0.1) is 0 Å². The van der Waals surface area contributed by atoms with Gasteiger partial charge in [-0.15, -0.1) is 0 Å². The van der Waals surface area contributed by atoms with Crippen LogP contribution in [0.25, 0.3) is 11.3 Å². The van der Waals surface area contributed by atoms with E-state index in [9.17, 15) is 4.79 Å². The van der Waals surface area contributed by atoms with Crippen LogP contribution in [0.1, 0.15) is 63.5 Å². The van der Waals surface area contributed by atoms with Gasteiger partial charge in [0.25, 0.3) is 0 Å². The minimum absolute atomic E-state index is 0.0333. The van der Waals surface area contributed by atoms with E-state index >= 15 is 0 Å². The summed E-state index contributed by atoms with van der Waals surface area (Å²) in [6.07, 6.45) is 10.3. The first kappa shape index (κ1) is 26.3. The van der Waals surface area contributed by atoms with Gasteiger partial charge >= 0.3 is 0 Å². The van der Waals surface area contributed by atoms with Crippen molar-refractivity contribution in [2.75, 3.05) is 25.0 Å². The van der Waals surface area contributed by atoms with Crippen LogP contribution in [0.5, 0.6) is 0 Å². The molecule has 9 heteroatoms. The van der Waals surface area contributed by atoms with Crippen LogP contribution in [0.4, 0.5) is 11.6 Å². The van der Waals surface area contributed by atoms with Gasteiger partial charge in [-0.05, 0) is 69.2 Å². The first-order valence-electron chi connectivity index (χ1n) is 13.6. The van der Waals surface area contributed by atoms with E-state index in [-0.39, 0.29) is 30.1 Å². The standard InChI is InChI=1S/C29H38N6O3/c1-29(2,3)38-24-18-34(19-24)27(37)15-21-7-5-4-6-20-14-22(8-9-25(20)21)26-10-11-30-28(33-26)32-23-16-31-35(17-23)12-13-36/h8-11,14,16-17,21,24,36H,4-7,12-13,15,18-19H2,1-3H3,(H,30,32,33). The summed E-state index contributed by atoms with van der Waals surface area (Å²) in [6.45, 7) is 8.04. The highest BCUT2D eigenvalue weighted by Gasteiger charge is 2.35. The third-order valence-corrected chi connectivity index (χ3v) is 7.14. The van der Waals surface area contributed by atoms with Gasteiger partial charge in [0.1, 0.15) is 0 Å². The topological polar surface area (TPSA) is 105 Å². The highest BCUT2D eigenvalue weighted by atomic mass is 16.5. The summed E-state index contributed by atoms with van der Waals surface area (Å²) in [5.41, 5.74) is 5.09. The molecular formula is C29H38N6O3. The number of carbonyl (C=O) groups is 1. The third kappa shape index (κ3) is 6.39. The van der Waals surface area contributed by atoms with Crippen LogP contribution < -0.4 is 5.32 Å². The van der Waals surface area contributed by atoms with Crippen molar-refractivity contribution >= 4 is 17.5 Å². The summed E-state index contributed by atoms with van der Waals surface area (Å²) in [6, 6.07) is 8.47. The van der Waals surface area contributed by atoms with E-state index < -0.39 is 0 Å². The second kappa shape index (κ2) is 11.2. The Labute approximate surface area is 224 Å². The minimum atomic E-state index is -0.179. The maximum Gasteiger partial charge on any atom is 0.227 e. The molecule has 5 rings (SSSR count). The average molecular weight is 519 g/mol. The smallest absolute Gasteiger partial charge is 0.227 e. The van der Waals surface area contributed by atoms with Crippen molar-refractivity contribution in [1.82, 2.24) is 24.6 Å². The molecule has 1 aliphatic heterocycles. The molecule has 2 aliphatic rings. The molecule has 1 unspecified atom stereocenters. The summed E-state index contributed by atoms with van der Waals surface area (Å²) in [5, 5.41) is 16.5. The van der Waals surface area contributed by atoms with Crippen molar-refractivity contribution in [3.8, 4) is 11.3 Å². The second-order valence-corrected chi connectivity index (χ2v) is 11.3. The van der Waals surface area contributed by atoms with E-state index in [1.807, 2.05) is 17.2 Å². The minimum Gasteiger partial charge on any atom is -0.394 e. The molecule has 2 aromatic heterocycles. The fraction of sp³-hybridized carbons (Fsp3) is 0.517. The van der Waals surface area contributed by atoms with Gasteiger partial charge in [0.05, 0.1) is 42.4 Å². The van der Waals surface area contributed by atoms with E-state index in [2.05, 4.69) is 54.4 Å². The Kier molecular flexibility index (Phi) is 7.76. The maximum atomic E-state index is 13.1. The number of aliphatic hydroxyl groups excluding tert-OH is 1. The van der Waals surface area contributed by atoms with Crippen LogP contribution in [-0.4, -0.2) is 67.1 Å². The van der Waals surface area contributed by atoms with Gasteiger partial charge in [0, 0.05) is 37.5 Å². The normalized spacial score (nSPS) is 18.0. The van der Waals surface area contributed by atoms with Crippen LogP contribution >= 0.6 is 0 Å². The number of nitrogens with zero attached hydrogens (tertiary/aromatic N) is 5. The number of carbonyl (C=O) groups excluding carboxylic acids is 1. The monoisotopic (exact) mass is 518 g/mol. The van der Waals surface area contributed by atoms with E-state index in [4.69, 9.17) is 14.8 Å². The predicted octanol–water partition coefficient (Wildman–Crippen LogP) is 4.30. The Bertz CT molecular complexity index is 1260. The Balaban J connectivity index is 1.26. The molecule has 38 heavy (non-hydrogen) atoms. The zero-order chi connectivity index (χ0) is 26.7. The lowest BCUT2D eigenvalue weighted by Gasteiger charge is -2.42. The number of aryl methyl sites for hydroxylation is 1. The quantitative estimate of drug-likeness (QED) is 0.428. The number of aromatic nitrogens is 4. The highest BCUT2D eigenvalue weighted by Crippen LogP contribution is 2.36. The van der Waals surface area contributed by atoms with Crippen LogP contribution in [0.3, 0.4) is 0 Å². The fourth-order valence-electron chi connectivity index (χ4n) is 5.37. The van der Waals surface area contributed by atoms with E-state index in [1.165, 1.54) is 11.1 Å². The van der Waals surface area contributed by atoms with Gasteiger partial charge in [0.2, 0.25) is 11.9 Å². The molecule has 0 radical (unpaired) electrons. The summed E-state index contributed by atoms with van der Waals surface area (Å²) in [4.78, 5) is 24.1. The number of anilines is 2. The van der Waals surface area contributed by atoms with Crippen LogP contribution in [-0.2, 0) is 22.5 Å². The number of hydrogen-bond acceptors (Lipinski definition) is 7. The molecule has 1 atom stereocenters. The molecule has 202 valence electrons. The van der Waals surface area contributed by atoms with E-state index in [0.29, 0.717) is 32.0 Å². The van der Waals surface area contributed by atoms with Gasteiger partial charge < -0.3 is 20.1 Å².